The molecule has 0 saturated carbocycles. The van der Waals surface area contributed by atoms with Crippen LogP contribution in [0.1, 0.15) is 31.7 Å². The second kappa shape index (κ2) is 5.37. The first-order valence-corrected chi connectivity index (χ1v) is 4.78. The van der Waals surface area contributed by atoms with Crippen molar-refractivity contribution in [2.45, 2.75) is 26.2 Å². The average Bonchev–Trinajstić information content (AvgIpc) is 2.21. The number of hydrogen-bond acceptors (Lipinski definition) is 1. The minimum absolute atomic E-state index is 0.283. The van der Waals surface area contributed by atoms with Crippen LogP contribution in [0, 0.1) is 11.0 Å². The molecule has 0 radical (unpaired) electrons. The number of benzene rings is 1. The highest BCUT2D eigenvalue weighted by molar-refractivity contribution is 5.96. The molecule has 1 rings (SSSR count). The van der Waals surface area contributed by atoms with Gasteiger partial charge in [0.1, 0.15) is 5.82 Å². The fourth-order valence-corrected chi connectivity index (χ4v) is 1.26. The van der Waals surface area contributed by atoms with Gasteiger partial charge in [-0.25, -0.2) is 9.55 Å². The molecule has 1 N–H and O–H groups in total. The third-order valence-electron chi connectivity index (χ3n) is 2.10. The van der Waals surface area contributed by atoms with Crippen molar-refractivity contribution >= 4 is 5.71 Å². The molecule has 0 fully saturated rings. The van der Waals surface area contributed by atoms with Gasteiger partial charge in [0.05, 0.1) is 0 Å². The molecule has 0 amide bonds. The van der Waals surface area contributed by atoms with Crippen LogP contribution >= 0.6 is 0 Å². The highest BCUT2D eigenvalue weighted by Crippen LogP contribution is 2.06. The first-order chi connectivity index (χ1) is 6.77. The lowest BCUT2D eigenvalue weighted by atomic mass is 10.1. The molecule has 0 unspecified atom stereocenters. The Morgan fingerprint density at radius 2 is 2.00 bits per heavy atom. The highest BCUT2D eigenvalue weighted by Gasteiger charge is 2.07. The predicted octanol–water partition coefficient (Wildman–Crippen LogP) is 1.38. The van der Waals surface area contributed by atoms with Crippen LogP contribution in [0.4, 0.5) is 4.39 Å². The SMILES string of the molecule is CCCCC(=[NH+][O-])c1ccc(F)cc1. The summed E-state index contributed by atoms with van der Waals surface area (Å²) in [5.74, 6) is -0.283. The summed E-state index contributed by atoms with van der Waals surface area (Å²) in [4.78, 5) is 0. The van der Waals surface area contributed by atoms with Gasteiger partial charge in [0.25, 0.3) is 0 Å². The summed E-state index contributed by atoms with van der Waals surface area (Å²) in [6, 6.07) is 5.95. The summed E-state index contributed by atoms with van der Waals surface area (Å²) in [6.07, 6.45) is 2.71. The van der Waals surface area contributed by atoms with Gasteiger partial charge in [-0.15, -0.1) is 0 Å². The lowest BCUT2D eigenvalue weighted by Crippen LogP contribution is -2.65. The molecule has 1 aromatic carbocycles. The fraction of sp³-hybridized carbons (Fsp3) is 0.364. The minimum atomic E-state index is -0.283. The number of nitrogens with one attached hydrogen (secondary N) is 1. The molecule has 0 saturated heterocycles. The minimum Gasteiger partial charge on any atom is -0.625 e. The van der Waals surface area contributed by atoms with E-state index in [9.17, 15) is 9.60 Å². The Labute approximate surface area is 83.1 Å². The van der Waals surface area contributed by atoms with E-state index in [1.165, 1.54) is 12.1 Å². The smallest absolute Gasteiger partial charge is 0.192 e. The summed E-state index contributed by atoms with van der Waals surface area (Å²) in [6.45, 7) is 2.06. The Balaban J connectivity index is 2.75. The molecular formula is C11H14FNO. The van der Waals surface area contributed by atoms with E-state index >= 15 is 0 Å². The second-order valence-corrected chi connectivity index (χ2v) is 3.19. The van der Waals surface area contributed by atoms with Crippen molar-refractivity contribution in [3.63, 3.8) is 0 Å². The molecule has 0 atom stereocenters. The van der Waals surface area contributed by atoms with Crippen LogP contribution in [0.3, 0.4) is 0 Å². The van der Waals surface area contributed by atoms with Crippen molar-refractivity contribution in [1.82, 2.24) is 0 Å². The van der Waals surface area contributed by atoms with Crippen LogP contribution in [-0.4, -0.2) is 5.71 Å². The zero-order valence-electron chi connectivity index (χ0n) is 8.22. The Bertz CT molecular complexity index is 306. The molecule has 0 aromatic heterocycles. The lowest BCUT2D eigenvalue weighted by molar-refractivity contribution is -0.374. The van der Waals surface area contributed by atoms with E-state index in [1.54, 1.807) is 12.1 Å². The average molecular weight is 195 g/mol. The summed E-state index contributed by atoms with van der Waals surface area (Å²) in [5, 5.41) is 12.6. The summed E-state index contributed by atoms with van der Waals surface area (Å²) < 4.78 is 12.6. The van der Waals surface area contributed by atoms with E-state index in [0.717, 1.165) is 18.4 Å². The van der Waals surface area contributed by atoms with E-state index < -0.39 is 0 Å². The standard InChI is InChI=1S/C11H14FNO/c1-2-3-4-11(13-14)9-5-7-10(12)8-6-9/h5-8,13H,2-4H2,1H3. The molecule has 0 aliphatic rings. The maximum atomic E-state index is 12.6. The van der Waals surface area contributed by atoms with Crippen molar-refractivity contribution in [2.24, 2.45) is 0 Å². The van der Waals surface area contributed by atoms with Gasteiger partial charge in [-0.05, 0) is 30.7 Å². The first-order valence-electron chi connectivity index (χ1n) is 4.78. The molecule has 0 heterocycles. The number of rotatable bonds is 4. The normalized spacial score (nSPS) is 11.7. The van der Waals surface area contributed by atoms with Crippen LogP contribution in [0.2, 0.25) is 0 Å². The van der Waals surface area contributed by atoms with E-state index in [0.29, 0.717) is 12.1 Å². The molecule has 76 valence electrons. The van der Waals surface area contributed by atoms with Crippen LogP contribution < -0.4 is 5.16 Å². The molecule has 0 aliphatic heterocycles. The topological polar surface area (TPSA) is 37.0 Å². The summed E-state index contributed by atoms with van der Waals surface area (Å²) in [7, 11) is 0. The molecule has 14 heavy (non-hydrogen) atoms. The van der Waals surface area contributed by atoms with Crippen LogP contribution in [0.25, 0.3) is 0 Å². The van der Waals surface area contributed by atoms with E-state index in [4.69, 9.17) is 0 Å². The Morgan fingerprint density at radius 1 is 1.36 bits per heavy atom. The van der Waals surface area contributed by atoms with Crippen molar-refractivity contribution in [3.8, 4) is 0 Å². The van der Waals surface area contributed by atoms with Gasteiger partial charge < -0.3 is 5.21 Å². The quantitative estimate of drug-likeness (QED) is 0.440. The van der Waals surface area contributed by atoms with Gasteiger partial charge in [-0.3, -0.25) is 0 Å². The van der Waals surface area contributed by atoms with Crippen molar-refractivity contribution < 1.29 is 9.55 Å². The Hall–Kier alpha value is -1.38. The zero-order valence-corrected chi connectivity index (χ0v) is 8.22. The van der Waals surface area contributed by atoms with Gasteiger partial charge in [0.15, 0.2) is 5.71 Å². The van der Waals surface area contributed by atoms with Gasteiger partial charge in [-0.1, -0.05) is 13.3 Å². The molecular weight excluding hydrogens is 181 g/mol. The first kappa shape index (κ1) is 10.7. The van der Waals surface area contributed by atoms with Crippen molar-refractivity contribution in [3.05, 3.63) is 40.9 Å². The third kappa shape index (κ3) is 2.83. The third-order valence-corrected chi connectivity index (χ3v) is 2.10. The molecule has 0 aliphatic carbocycles. The summed E-state index contributed by atoms with van der Waals surface area (Å²) in [5.41, 5.74) is 1.40. The maximum Gasteiger partial charge on any atom is 0.192 e. The van der Waals surface area contributed by atoms with Gasteiger partial charge >= 0.3 is 0 Å². The van der Waals surface area contributed by atoms with Crippen LogP contribution in [0.15, 0.2) is 24.3 Å². The van der Waals surface area contributed by atoms with Crippen molar-refractivity contribution in [2.75, 3.05) is 0 Å². The van der Waals surface area contributed by atoms with Crippen LogP contribution in [0.5, 0.6) is 0 Å². The molecule has 0 bridgehead atoms. The van der Waals surface area contributed by atoms with Gasteiger partial charge in [0.2, 0.25) is 0 Å². The summed E-state index contributed by atoms with van der Waals surface area (Å²) >= 11 is 0. The molecule has 3 heteroatoms. The lowest BCUT2D eigenvalue weighted by Gasteiger charge is -2.01. The Kier molecular flexibility index (Phi) is 4.11. The predicted molar refractivity (Wildman–Crippen MR) is 54.4 cm³/mol. The fourth-order valence-electron chi connectivity index (χ4n) is 1.26. The van der Waals surface area contributed by atoms with Crippen LogP contribution in [-0.2, 0) is 0 Å². The van der Waals surface area contributed by atoms with E-state index in [1.807, 2.05) is 5.16 Å². The zero-order chi connectivity index (χ0) is 10.4. The monoisotopic (exact) mass is 195 g/mol. The molecule has 2 nitrogen and oxygen atoms in total. The number of unbranched alkanes of at least 4 members (excludes halogenated alkanes) is 1. The largest absolute Gasteiger partial charge is 0.625 e. The molecule has 1 aromatic rings. The van der Waals surface area contributed by atoms with E-state index in [2.05, 4.69) is 6.92 Å². The highest BCUT2D eigenvalue weighted by atomic mass is 19.1. The maximum absolute atomic E-state index is 12.6. The molecule has 0 spiro atoms. The number of hydrogen-bond donors (Lipinski definition) is 1. The van der Waals surface area contributed by atoms with Gasteiger partial charge in [-0.2, -0.15) is 0 Å². The number of halogens is 1. The van der Waals surface area contributed by atoms with Gasteiger partial charge in [0, 0.05) is 12.0 Å². The second-order valence-electron chi connectivity index (χ2n) is 3.19. The van der Waals surface area contributed by atoms with E-state index in [-0.39, 0.29) is 5.82 Å². The van der Waals surface area contributed by atoms with Crippen molar-refractivity contribution in [1.29, 1.82) is 0 Å². The Morgan fingerprint density at radius 3 is 2.50 bits per heavy atom.